The van der Waals surface area contributed by atoms with Crippen LogP contribution in [0.2, 0.25) is 0 Å². The molecule has 0 unspecified atom stereocenters. The third-order valence-corrected chi connectivity index (χ3v) is 7.75. The first-order chi connectivity index (χ1) is 12.5. The molecule has 0 saturated carbocycles. The van der Waals surface area contributed by atoms with Crippen molar-refractivity contribution in [3.05, 3.63) is 46.2 Å². The molecule has 3 heterocycles. The number of rotatable bonds is 4. The van der Waals surface area contributed by atoms with E-state index in [2.05, 4.69) is 5.32 Å². The molecule has 1 amide bonds. The van der Waals surface area contributed by atoms with Gasteiger partial charge in [-0.05, 0) is 52.6 Å². The van der Waals surface area contributed by atoms with E-state index in [9.17, 15) is 18.3 Å². The molecule has 2 aliphatic rings. The topological polar surface area (TPSA) is 86.7 Å². The lowest BCUT2D eigenvalue weighted by atomic mass is 9.92. The summed E-state index contributed by atoms with van der Waals surface area (Å²) in [5, 5.41) is 16.5. The number of fused-ring (bicyclic) bond motifs is 1. The molecule has 2 N–H and O–H groups in total. The van der Waals surface area contributed by atoms with Crippen molar-refractivity contribution in [2.75, 3.05) is 25.0 Å². The Labute approximate surface area is 156 Å². The largest absolute Gasteiger partial charge is 0.396 e. The SMILES string of the molecule is O=C1CCc2cc(S(=O)(=O)N3C[C@H](CO)[C@@H](c4ccsc4)C3)ccc2N1. The average Bonchev–Trinajstić information content (AvgIpc) is 3.30. The average molecular weight is 393 g/mol. The van der Waals surface area contributed by atoms with Crippen molar-refractivity contribution in [2.45, 2.75) is 23.7 Å². The predicted octanol–water partition coefficient (Wildman–Crippen LogP) is 2.03. The Bertz CT molecular complexity index is 925. The van der Waals surface area contributed by atoms with Crippen LogP contribution in [-0.4, -0.2) is 43.4 Å². The van der Waals surface area contributed by atoms with E-state index in [4.69, 9.17) is 0 Å². The van der Waals surface area contributed by atoms with Crippen LogP contribution in [-0.2, 0) is 21.2 Å². The number of sulfonamides is 1. The van der Waals surface area contributed by atoms with E-state index in [1.54, 1.807) is 29.5 Å². The zero-order valence-corrected chi connectivity index (χ0v) is 15.7. The molecule has 1 saturated heterocycles. The Balaban J connectivity index is 1.62. The second-order valence-corrected chi connectivity index (χ2v) is 9.51. The Morgan fingerprint density at radius 1 is 1.23 bits per heavy atom. The van der Waals surface area contributed by atoms with Crippen LogP contribution in [0.1, 0.15) is 23.5 Å². The predicted molar refractivity (Wildman–Crippen MR) is 99.8 cm³/mol. The number of benzene rings is 1. The first-order valence-electron chi connectivity index (χ1n) is 8.55. The summed E-state index contributed by atoms with van der Waals surface area (Å²) in [6.07, 6.45) is 0.911. The number of carbonyl (C=O) groups excluding carboxylic acids is 1. The molecule has 0 spiro atoms. The number of anilines is 1. The molecule has 6 nitrogen and oxygen atoms in total. The lowest BCUT2D eigenvalue weighted by Crippen LogP contribution is -2.30. The summed E-state index contributed by atoms with van der Waals surface area (Å²) < 4.78 is 27.7. The summed E-state index contributed by atoms with van der Waals surface area (Å²) in [6, 6.07) is 6.87. The number of aliphatic hydroxyl groups excluding tert-OH is 1. The molecule has 2 aromatic rings. The molecular formula is C18H20N2O4S2. The van der Waals surface area contributed by atoms with E-state index in [1.807, 2.05) is 16.8 Å². The monoisotopic (exact) mass is 392 g/mol. The van der Waals surface area contributed by atoms with Gasteiger partial charge in [-0.2, -0.15) is 15.6 Å². The number of aryl methyl sites for hydroxylation is 1. The second kappa shape index (κ2) is 6.77. The fraction of sp³-hybridized carbons (Fsp3) is 0.389. The Hall–Kier alpha value is -1.74. The maximum atomic E-state index is 13.1. The highest BCUT2D eigenvalue weighted by molar-refractivity contribution is 7.89. The summed E-state index contributed by atoms with van der Waals surface area (Å²) in [5.41, 5.74) is 2.61. The minimum atomic E-state index is -3.64. The molecule has 0 radical (unpaired) electrons. The molecule has 8 heteroatoms. The third-order valence-electron chi connectivity index (χ3n) is 5.22. The fourth-order valence-electron chi connectivity index (χ4n) is 3.75. The molecule has 1 aromatic heterocycles. The molecule has 0 bridgehead atoms. The number of nitrogens with zero attached hydrogens (tertiary/aromatic N) is 1. The first-order valence-corrected chi connectivity index (χ1v) is 10.9. The van der Waals surface area contributed by atoms with Gasteiger partial charge >= 0.3 is 0 Å². The van der Waals surface area contributed by atoms with Crippen LogP contribution in [0.5, 0.6) is 0 Å². The van der Waals surface area contributed by atoms with Crippen molar-refractivity contribution in [3.8, 4) is 0 Å². The van der Waals surface area contributed by atoms with Crippen molar-refractivity contribution in [1.82, 2.24) is 4.31 Å². The highest BCUT2D eigenvalue weighted by Gasteiger charge is 2.40. The van der Waals surface area contributed by atoms with Crippen LogP contribution in [0, 0.1) is 5.92 Å². The van der Waals surface area contributed by atoms with Crippen LogP contribution in [0.25, 0.3) is 0 Å². The van der Waals surface area contributed by atoms with Gasteiger partial charge in [-0.1, -0.05) is 0 Å². The molecule has 2 atom stereocenters. The maximum Gasteiger partial charge on any atom is 0.243 e. The van der Waals surface area contributed by atoms with Gasteiger partial charge in [0, 0.05) is 43.6 Å². The number of carbonyl (C=O) groups is 1. The summed E-state index contributed by atoms with van der Waals surface area (Å²) in [6.45, 7) is 0.647. The number of hydrogen-bond donors (Lipinski definition) is 2. The van der Waals surface area contributed by atoms with Crippen molar-refractivity contribution < 1.29 is 18.3 Å². The number of aliphatic hydroxyl groups is 1. The quantitative estimate of drug-likeness (QED) is 0.834. The van der Waals surface area contributed by atoms with E-state index < -0.39 is 10.0 Å². The van der Waals surface area contributed by atoms with Crippen LogP contribution in [0.3, 0.4) is 0 Å². The molecule has 1 fully saturated rings. The third kappa shape index (κ3) is 3.07. The number of nitrogens with one attached hydrogen (secondary N) is 1. The van der Waals surface area contributed by atoms with E-state index in [0.717, 1.165) is 11.1 Å². The Kier molecular flexibility index (Phi) is 4.60. The molecule has 1 aromatic carbocycles. The van der Waals surface area contributed by atoms with Crippen molar-refractivity contribution >= 4 is 33.0 Å². The number of amides is 1. The zero-order valence-electron chi connectivity index (χ0n) is 14.1. The Morgan fingerprint density at radius 2 is 2.08 bits per heavy atom. The van der Waals surface area contributed by atoms with Gasteiger partial charge in [0.05, 0.1) is 4.90 Å². The molecule has 2 aliphatic heterocycles. The molecule has 0 aliphatic carbocycles. The molecule has 26 heavy (non-hydrogen) atoms. The van der Waals surface area contributed by atoms with Gasteiger partial charge in [-0.3, -0.25) is 4.79 Å². The van der Waals surface area contributed by atoms with E-state index in [-0.39, 0.29) is 29.2 Å². The summed E-state index contributed by atoms with van der Waals surface area (Å²) >= 11 is 1.58. The fourth-order valence-corrected chi connectivity index (χ4v) is 6.04. The summed E-state index contributed by atoms with van der Waals surface area (Å²) in [4.78, 5) is 11.7. The number of thiophene rings is 1. The summed E-state index contributed by atoms with van der Waals surface area (Å²) in [5.74, 6) is -0.133. The van der Waals surface area contributed by atoms with Crippen molar-refractivity contribution in [3.63, 3.8) is 0 Å². The van der Waals surface area contributed by atoms with Crippen LogP contribution in [0.15, 0.2) is 39.9 Å². The Morgan fingerprint density at radius 3 is 2.81 bits per heavy atom. The van der Waals surface area contributed by atoms with Gasteiger partial charge in [0.25, 0.3) is 0 Å². The maximum absolute atomic E-state index is 13.1. The lowest BCUT2D eigenvalue weighted by Gasteiger charge is -2.20. The summed E-state index contributed by atoms with van der Waals surface area (Å²) in [7, 11) is -3.64. The van der Waals surface area contributed by atoms with E-state index in [1.165, 1.54) is 4.31 Å². The van der Waals surface area contributed by atoms with E-state index in [0.29, 0.717) is 31.6 Å². The highest BCUT2D eigenvalue weighted by atomic mass is 32.2. The van der Waals surface area contributed by atoms with Crippen molar-refractivity contribution in [1.29, 1.82) is 0 Å². The molecule has 138 valence electrons. The van der Waals surface area contributed by atoms with Crippen LogP contribution in [0.4, 0.5) is 5.69 Å². The normalized spacial score (nSPS) is 23.7. The molecule has 4 rings (SSSR count). The van der Waals surface area contributed by atoms with Crippen LogP contribution >= 0.6 is 11.3 Å². The minimum absolute atomic E-state index is 0.0120. The van der Waals surface area contributed by atoms with Crippen LogP contribution < -0.4 is 5.32 Å². The zero-order chi connectivity index (χ0) is 18.3. The van der Waals surface area contributed by atoms with Crippen molar-refractivity contribution in [2.24, 2.45) is 5.92 Å². The minimum Gasteiger partial charge on any atom is -0.396 e. The first kappa shape index (κ1) is 17.7. The van der Waals surface area contributed by atoms with Gasteiger partial charge < -0.3 is 10.4 Å². The molecular weight excluding hydrogens is 372 g/mol. The highest BCUT2D eigenvalue weighted by Crippen LogP contribution is 2.37. The smallest absolute Gasteiger partial charge is 0.243 e. The van der Waals surface area contributed by atoms with Gasteiger partial charge in [-0.25, -0.2) is 8.42 Å². The van der Waals surface area contributed by atoms with Gasteiger partial charge in [-0.15, -0.1) is 0 Å². The second-order valence-electron chi connectivity index (χ2n) is 6.79. The standard InChI is InChI=1S/C18H20N2O4S2/c21-10-14-8-20(9-16(14)13-5-6-25-11-13)26(23,24)15-2-3-17-12(7-15)1-4-18(22)19-17/h2-3,5-7,11,14,16,21H,1,4,8-10H2,(H,19,22)/t14-,16-/m1/s1. The van der Waals surface area contributed by atoms with E-state index >= 15 is 0 Å². The number of hydrogen-bond acceptors (Lipinski definition) is 5. The van der Waals surface area contributed by atoms with Gasteiger partial charge in [0.15, 0.2) is 0 Å². The van der Waals surface area contributed by atoms with Gasteiger partial charge in [0.1, 0.15) is 0 Å². The lowest BCUT2D eigenvalue weighted by molar-refractivity contribution is -0.116. The van der Waals surface area contributed by atoms with Gasteiger partial charge in [0.2, 0.25) is 15.9 Å².